The molecule has 1 fully saturated rings. The fourth-order valence-electron chi connectivity index (χ4n) is 2.65. The minimum Gasteiger partial charge on any atom is -0.300 e. The Morgan fingerprint density at radius 2 is 1.95 bits per heavy atom. The molecule has 0 aliphatic heterocycles. The zero-order valence-electron chi connectivity index (χ0n) is 10.4. The van der Waals surface area contributed by atoms with E-state index in [1.807, 2.05) is 30.5 Å². The minimum absolute atomic E-state index is 0.729. The molecule has 0 amide bonds. The van der Waals surface area contributed by atoms with E-state index in [1.54, 1.807) is 0 Å². The molecule has 1 aromatic carbocycles. The monoisotopic (exact) mass is 268 g/mol. The van der Waals surface area contributed by atoms with Crippen LogP contribution in [-0.4, -0.2) is 9.55 Å². The third-order valence-corrected chi connectivity index (χ3v) is 4.07. The second kappa shape index (κ2) is 4.10. The average Bonchev–Trinajstić information content (AvgIpc) is 3.19. The van der Waals surface area contributed by atoms with Gasteiger partial charge in [-0.2, -0.15) is 0 Å². The molecule has 0 N–H and O–H groups in total. The molecule has 1 aliphatic rings. The number of benzene rings is 1. The molecule has 1 aliphatic carbocycles. The van der Waals surface area contributed by atoms with Gasteiger partial charge in [-0.3, -0.25) is 4.57 Å². The highest BCUT2D eigenvalue weighted by Gasteiger charge is 2.26. The molecule has 2 nitrogen and oxygen atoms in total. The predicted octanol–water partition coefficient (Wildman–Crippen LogP) is 4.56. The van der Waals surface area contributed by atoms with E-state index in [0.717, 1.165) is 22.3 Å². The summed E-state index contributed by atoms with van der Waals surface area (Å²) >= 11 is 6.28. The summed E-state index contributed by atoms with van der Waals surface area (Å²) in [7, 11) is 0. The summed E-state index contributed by atoms with van der Waals surface area (Å²) in [6.45, 7) is 0. The van der Waals surface area contributed by atoms with Crippen molar-refractivity contribution in [1.29, 1.82) is 0 Å². The van der Waals surface area contributed by atoms with Crippen LogP contribution in [0.4, 0.5) is 0 Å². The highest BCUT2D eigenvalue weighted by molar-refractivity contribution is 6.32. The predicted molar refractivity (Wildman–Crippen MR) is 78.1 cm³/mol. The number of aromatic nitrogens is 2. The molecule has 3 heteroatoms. The molecule has 0 radical (unpaired) electrons. The molecular formula is C16H13ClN2. The van der Waals surface area contributed by atoms with Crippen molar-refractivity contribution in [1.82, 2.24) is 9.55 Å². The van der Waals surface area contributed by atoms with Crippen LogP contribution in [0, 0.1) is 0 Å². The van der Waals surface area contributed by atoms with E-state index in [0.29, 0.717) is 0 Å². The van der Waals surface area contributed by atoms with E-state index < -0.39 is 0 Å². The van der Waals surface area contributed by atoms with Crippen LogP contribution in [-0.2, 0) is 0 Å². The molecule has 1 saturated carbocycles. The van der Waals surface area contributed by atoms with Gasteiger partial charge in [0.15, 0.2) is 0 Å². The van der Waals surface area contributed by atoms with E-state index in [-0.39, 0.29) is 0 Å². The highest BCUT2D eigenvalue weighted by Crippen LogP contribution is 2.43. The number of hydrogen-bond acceptors (Lipinski definition) is 1. The Bertz CT molecular complexity index is 756. The lowest BCUT2D eigenvalue weighted by atomic mass is 10.1. The second-order valence-corrected chi connectivity index (χ2v) is 5.46. The summed E-state index contributed by atoms with van der Waals surface area (Å²) in [5.41, 5.74) is 3.41. The summed E-state index contributed by atoms with van der Waals surface area (Å²) < 4.78 is 2.07. The molecule has 0 unspecified atom stereocenters. The van der Waals surface area contributed by atoms with Gasteiger partial charge in [-0.05, 0) is 48.6 Å². The van der Waals surface area contributed by atoms with Gasteiger partial charge in [0, 0.05) is 17.8 Å². The molecule has 94 valence electrons. The van der Waals surface area contributed by atoms with Crippen LogP contribution in [0.15, 0.2) is 48.8 Å². The first-order valence-electron chi connectivity index (χ1n) is 6.55. The molecule has 0 saturated heterocycles. The Labute approximate surface area is 116 Å². The lowest BCUT2D eigenvalue weighted by Gasteiger charge is -2.07. The van der Waals surface area contributed by atoms with Crippen LogP contribution in [0.5, 0.6) is 0 Å². The zero-order chi connectivity index (χ0) is 12.8. The number of nitrogens with zero attached hydrogens (tertiary/aromatic N) is 2. The minimum atomic E-state index is 0.729. The van der Waals surface area contributed by atoms with Gasteiger partial charge in [0.1, 0.15) is 5.65 Å². The zero-order valence-corrected chi connectivity index (χ0v) is 11.1. The summed E-state index contributed by atoms with van der Waals surface area (Å²) in [6, 6.07) is 12.2. The molecule has 2 aromatic heterocycles. The summed E-state index contributed by atoms with van der Waals surface area (Å²) in [4.78, 5) is 4.53. The van der Waals surface area contributed by atoms with Gasteiger partial charge in [-0.1, -0.05) is 23.7 Å². The number of hydrogen-bond donors (Lipinski definition) is 0. The van der Waals surface area contributed by atoms with Crippen molar-refractivity contribution in [3.05, 3.63) is 59.4 Å². The lowest BCUT2D eigenvalue weighted by molar-refractivity contribution is 1.08. The summed E-state index contributed by atoms with van der Waals surface area (Å²) in [5, 5.41) is 2.00. The molecule has 3 aromatic rings. The summed E-state index contributed by atoms with van der Waals surface area (Å²) in [6.07, 6.45) is 6.57. The van der Waals surface area contributed by atoms with Crippen molar-refractivity contribution in [2.75, 3.05) is 0 Å². The number of para-hydroxylation sites is 1. The quantitative estimate of drug-likeness (QED) is 0.666. The normalized spacial score (nSPS) is 15.0. The number of halogens is 1. The average molecular weight is 269 g/mol. The Hall–Kier alpha value is -1.80. The maximum Gasteiger partial charge on any atom is 0.144 e. The second-order valence-electron chi connectivity index (χ2n) is 5.05. The molecular weight excluding hydrogens is 256 g/mol. The van der Waals surface area contributed by atoms with Gasteiger partial charge in [0.05, 0.1) is 10.7 Å². The van der Waals surface area contributed by atoms with E-state index in [2.05, 4.69) is 27.9 Å². The third kappa shape index (κ3) is 1.75. The molecule has 2 heterocycles. The maximum atomic E-state index is 6.28. The van der Waals surface area contributed by atoms with Crippen molar-refractivity contribution in [3.8, 4) is 5.69 Å². The molecule has 0 spiro atoms. The standard InChI is InChI=1S/C16H13ClN2/c17-14-3-1-2-4-15(14)19-10-8-13-12(11-5-6-11)7-9-18-16(13)19/h1-4,7-11H,5-6H2. The highest BCUT2D eigenvalue weighted by atomic mass is 35.5. The summed E-state index contributed by atoms with van der Waals surface area (Å²) in [5.74, 6) is 0.729. The van der Waals surface area contributed by atoms with Crippen molar-refractivity contribution in [2.24, 2.45) is 0 Å². The number of rotatable bonds is 2. The van der Waals surface area contributed by atoms with Crippen LogP contribution in [0.1, 0.15) is 24.3 Å². The fourth-order valence-corrected chi connectivity index (χ4v) is 2.88. The molecule has 0 atom stereocenters. The van der Waals surface area contributed by atoms with E-state index in [9.17, 15) is 0 Å². The van der Waals surface area contributed by atoms with Gasteiger partial charge in [0.25, 0.3) is 0 Å². The van der Waals surface area contributed by atoms with Crippen LogP contribution in [0.3, 0.4) is 0 Å². The Morgan fingerprint density at radius 1 is 1.11 bits per heavy atom. The SMILES string of the molecule is Clc1ccccc1-n1ccc2c(C3CC3)ccnc21. The van der Waals surface area contributed by atoms with Crippen LogP contribution in [0.25, 0.3) is 16.7 Å². The van der Waals surface area contributed by atoms with Crippen molar-refractivity contribution < 1.29 is 0 Å². The maximum absolute atomic E-state index is 6.28. The first kappa shape index (κ1) is 11.1. The topological polar surface area (TPSA) is 17.8 Å². The van der Waals surface area contributed by atoms with Gasteiger partial charge < -0.3 is 0 Å². The van der Waals surface area contributed by atoms with Crippen molar-refractivity contribution in [2.45, 2.75) is 18.8 Å². The van der Waals surface area contributed by atoms with Crippen molar-refractivity contribution in [3.63, 3.8) is 0 Å². The third-order valence-electron chi connectivity index (χ3n) is 3.75. The number of fused-ring (bicyclic) bond motifs is 1. The van der Waals surface area contributed by atoms with Crippen LogP contribution in [0.2, 0.25) is 5.02 Å². The van der Waals surface area contributed by atoms with Gasteiger partial charge in [-0.25, -0.2) is 4.98 Å². The fraction of sp³-hybridized carbons (Fsp3) is 0.188. The molecule has 0 bridgehead atoms. The Balaban J connectivity index is 1.97. The first-order chi connectivity index (χ1) is 9.34. The van der Waals surface area contributed by atoms with E-state index in [1.165, 1.54) is 23.8 Å². The lowest BCUT2D eigenvalue weighted by Crippen LogP contribution is -1.95. The van der Waals surface area contributed by atoms with Gasteiger partial charge in [0.2, 0.25) is 0 Å². The van der Waals surface area contributed by atoms with Gasteiger partial charge >= 0.3 is 0 Å². The number of pyridine rings is 1. The molecule has 19 heavy (non-hydrogen) atoms. The van der Waals surface area contributed by atoms with E-state index >= 15 is 0 Å². The van der Waals surface area contributed by atoms with E-state index in [4.69, 9.17) is 11.6 Å². The van der Waals surface area contributed by atoms with Crippen LogP contribution >= 0.6 is 11.6 Å². The Morgan fingerprint density at radius 3 is 2.74 bits per heavy atom. The first-order valence-corrected chi connectivity index (χ1v) is 6.93. The van der Waals surface area contributed by atoms with Crippen LogP contribution < -0.4 is 0 Å². The smallest absolute Gasteiger partial charge is 0.144 e. The largest absolute Gasteiger partial charge is 0.300 e. The Kier molecular flexibility index (Phi) is 2.39. The van der Waals surface area contributed by atoms with Crippen molar-refractivity contribution >= 4 is 22.6 Å². The molecule has 4 rings (SSSR count). The van der Waals surface area contributed by atoms with Gasteiger partial charge in [-0.15, -0.1) is 0 Å².